The normalized spacial score (nSPS) is 17.2. The molecule has 0 radical (unpaired) electrons. The second kappa shape index (κ2) is 7.87. The van der Waals surface area contributed by atoms with Crippen molar-refractivity contribution >= 4 is 34.7 Å². The van der Waals surface area contributed by atoms with E-state index >= 15 is 0 Å². The standard InChI is InChI=1S/C27H19ClN2O2S/c28-19-11-8-18(9-12-19)25-22-13-10-17-5-1-2-7-21(17)24(22)29-27-30(25)26(32)23(33-27)15-16-4-3-6-20(31)14-16/h1-9,11-12,14-15,25,31H,10,13H2/b23-15+/t25-/m1/s1. The number of hydrogen-bond acceptors (Lipinski definition) is 4. The number of phenolic OH excluding ortho intramolecular Hbond substituents is 1. The number of fused-ring (bicyclic) bond motifs is 3. The largest absolute Gasteiger partial charge is 0.508 e. The summed E-state index contributed by atoms with van der Waals surface area (Å²) in [6.45, 7) is 0. The molecule has 2 heterocycles. The molecule has 0 unspecified atom stereocenters. The van der Waals surface area contributed by atoms with Crippen LogP contribution in [0, 0.1) is 0 Å². The topological polar surface area (TPSA) is 54.6 Å². The van der Waals surface area contributed by atoms with Crippen LogP contribution in [0.4, 0.5) is 0 Å². The highest BCUT2D eigenvalue weighted by Gasteiger charge is 2.32. The van der Waals surface area contributed by atoms with Crippen LogP contribution in [0.3, 0.4) is 0 Å². The molecule has 4 aromatic rings. The molecule has 162 valence electrons. The summed E-state index contributed by atoms with van der Waals surface area (Å²) in [4.78, 5) is 19.3. The van der Waals surface area contributed by atoms with Gasteiger partial charge in [0.25, 0.3) is 5.56 Å². The summed E-state index contributed by atoms with van der Waals surface area (Å²) in [7, 11) is 0. The van der Waals surface area contributed by atoms with E-state index in [-0.39, 0.29) is 17.4 Å². The molecule has 1 atom stereocenters. The van der Waals surface area contributed by atoms with Gasteiger partial charge >= 0.3 is 0 Å². The molecule has 6 rings (SSSR count). The van der Waals surface area contributed by atoms with Crippen LogP contribution in [0.15, 0.2) is 88.2 Å². The minimum atomic E-state index is -0.229. The van der Waals surface area contributed by atoms with Crippen LogP contribution in [0.1, 0.15) is 34.7 Å². The number of allylic oxidation sites excluding steroid dienone is 1. The number of thiazole rings is 1. The molecule has 1 aromatic heterocycles. The molecule has 6 heteroatoms. The first-order chi connectivity index (χ1) is 16.1. The first kappa shape index (κ1) is 20.2. The molecule has 0 fully saturated rings. The number of hydrogen-bond donors (Lipinski definition) is 1. The van der Waals surface area contributed by atoms with Crippen LogP contribution in [0.2, 0.25) is 5.02 Å². The number of aromatic hydroxyl groups is 1. The Labute approximate surface area is 199 Å². The molecule has 0 bridgehead atoms. The van der Waals surface area contributed by atoms with Crippen LogP contribution < -0.4 is 14.9 Å². The fraction of sp³-hybridized carbons (Fsp3) is 0.111. The van der Waals surface area contributed by atoms with E-state index in [0.29, 0.717) is 14.4 Å². The molecule has 0 saturated heterocycles. The summed E-state index contributed by atoms with van der Waals surface area (Å²) in [5, 5.41) is 10.5. The third kappa shape index (κ3) is 3.45. The van der Waals surface area contributed by atoms with Gasteiger partial charge in [-0.1, -0.05) is 71.5 Å². The number of rotatable bonds is 2. The Morgan fingerprint density at radius 1 is 1.03 bits per heavy atom. The zero-order valence-corrected chi connectivity index (χ0v) is 19.1. The molecule has 0 amide bonds. The van der Waals surface area contributed by atoms with Crippen LogP contribution in [0.5, 0.6) is 5.75 Å². The van der Waals surface area contributed by atoms with Gasteiger partial charge in [0.05, 0.1) is 16.3 Å². The van der Waals surface area contributed by atoms with Crippen molar-refractivity contribution in [3.05, 3.63) is 125 Å². The van der Waals surface area contributed by atoms with E-state index in [1.54, 1.807) is 18.2 Å². The van der Waals surface area contributed by atoms with Gasteiger partial charge < -0.3 is 5.11 Å². The maximum atomic E-state index is 13.6. The lowest BCUT2D eigenvalue weighted by Gasteiger charge is -2.30. The number of nitrogens with zero attached hydrogens (tertiary/aromatic N) is 2. The lowest BCUT2D eigenvalue weighted by Crippen LogP contribution is -2.38. The van der Waals surface area contributed by atoms with Gasteiger partial charge in [0.2, 0.25) is 0 Å². The second-order valence-electron chi connectivity index (χ2n) is 8.26. The maximum absolute atomic E-state index is 13.6. The number of aromatic nitrogens is 1. The third-order valence-electron chi connectivity index (χ3n) is 6.23. The van der Waals surface area contributed by atoms with E-state index in [4.69, 9.17) is 16.6 Å². The number of halogens is 1. The Morgan fingerprint density at radius 2 is 1.85 bits per heavy atom. The summed E-state index contributed by atoms with van der Waals surface area (Å²) in [6.07, 6.45) is 3.58. The first-order valence-electron chi connectivity index (χ1n) is 10.8. The summed E-state index contributed by atoms with van der Waals surface area (Å²) in [5.41, 5.74) is 6.28. The summed E-state index contributed by atoms with van der Waals surface area (Å²) in [5.74, 6) is 0.169. The third-order valence-corrected chi connectivity index (χ3v) is 7.46. The molecular weight excluding hydrogens is 452 g/mol. The van der Waals surface area contributed by atoms with E-state index in [0.717, 1.165) is 40.8 Å². The van der Waals surface area contributed by atoms with Crippen LogP contribution >= 0.6 is 22.9 Å². The van der Waals surface area contributed by atoms with Crippen molar-refractivity contribution in [1.82, 2.24) is 4.57 Å². The van der Waals surface area contributed by atoms with Gasteiger partial charge in [0, 0.05) is 10.6 Å². The monoisotopic (exact) mass is 470 g/mol. The Morgan fingerprint density at radius 3 is 2.67 bits per heavy atom. The van der Waals surface area contributed by atoms with Gasteiger partial charge in [0.1, 0.15) is 5.75 Å². The molecule has 1 aliphatic carbocycles. The summed E-state index contributed by atoms with van der Waals surface area (Å²) in [6, 6.07) is 22.8. The number of phenols is 1. The second-order valence-corrected chi connectivity index (χ2v) is 9.71. The van der Waals surface area contributed by atoms with Gasteiger partial charge in [0.15, 0.2) is 4.80 Å². The molecule has 33 heavy (non-hydrogen) atoms. The lowest BCUT2D eigenvalue weighted by atomic mass is 9.83. The highest BCUT2D eigenvalue weighted by Crippen LogP contribution is 2.41. The lowest BCUT2D eigenvalue weighted by molar-refractivity contribution is 0.475. The van der Waals surface area contributed by atoms with Gasteiger partial charge in [-0.05, 0) is 65.4 Å². The Hall–Kier alpha value is -3.41. The van der Waals surface area contributed by atoms with Crippen molar-refractivity contribution in [2.24, 2.45) is 4.99 Å². The molecule has 3 aromatic carbocycles. The fourth-order valence-corrected chi connectivity index (χ4v) is 5.86. The zero-order chi connectivity index (χ0) is 22.5. The van der Waals surface area contributed by atoms with Gasteiger partial charge in [-0.25, -0.2) is 4.99 Å². The molecule has 0 spiro atoms. The minimum Gasteiger partial charge on any atom is -0.508 e. The van der Waals surface area contributed by atoms with E-state index in [1.807, 2.05) is 47.0 Å². The molecule has 1 N–H and O–H groups in total. The number of aryl methyl sites for hydroxylation is 1. The highest BCUT2D eigenvalue weighted by molar-refractivity contribution is 7.07. The van der Waals surface area contributed by atoms with Crippen LogP contribution in [0.25, 0.3) is 11.8 Å². The van der Waals surface area contributed by atoms with Crippen molar-refractivity contribution < 1.29 is 5.11 Å². The van der Waals surface area contributed by atoms with Gasteiger partial charge in [-0.3, -0.25) is 9.36 Å². The van der Waals surface area contributed by atoms with E-state index in [2.05, 4.69) is 18.2 Å². The van der Waals surface area contributed by atoms with E-state index in [9.17, 15) is 9.90 Å². The Balaban J connectivity index is 1.63. The average molecular weight is 471 g/mol. The van der Waals surface area contributed by atoms with Crippen molar-refractivity contribution in [2.45, 2.75) is 18.9 Å². The average Bonchev–Trinajstić information content (AvgIpc) is 3.13. The van der Waals surface area contributed by atoms with Crippen molar-refractivity contribution in [1.29, 1.82) is 0 Å². The predicted molar refractivity (Wildman–Crippen MR) is 132 cm³/mol. The summed E-state index contributed by atoms with van der Waals surface area (Å²) >= 11 is 7.55. The van der Waals surface area contributed by atoms with E-state index < -0.39 is 0 Å². The van der Waals surface area contributed by atoms with Gasteiger partial charge in [-0.2, -0.15) is 0 Å². The molecular formula is C27H19ClN2O2S. The molecule has 2 aliphatic rings. The summed E-state index contributed by atoms with van der Waals surface area (Å²) < 4.78 is 2.40. The fourth-order valence-electron chi connectivity index (χ4n) is 4.73. The van der Waals surface area contributed by atoms with Crippen LogP contribution in [-0.4, -0.2) is 9.67 Å². The van der Waals surface area contributed by atoms with Gasteiger partial charge in [-0.15, -0.1) is 0 Å². The maximum Gasteiger partial charge on any atom is 0.271 e. The minimum absolute atomic E-state index is 0.0764. The van der Waals surface area contributed by atoms with E-state index in [1.165, 1.54) is 16.9 Å². The smallest absolute Gasteiger partial charge is 0.271 e. The zero-order valence-electron chi connectivity index (χ0n) is 17.5. The SMILES string of the molecule is O=c1/c(=C\c2cccc(O)c2)sc2n1[C@H](c1ccc(Cl)cc1)C1=C(N=2)c2ccccc2CC1. The van der Waals surface area contributed by atoms with Crippen molar-refractivity contribution in [3.8, 4) is 5.75 Å². The quantitative estimate of drug-likeness (QED) is 0.462. The molecule has 1 aliphatic heterocycles. The highest BCUT2D eigenvalue weighted by atomic mass is 35.5. The first-order valence-corrected chi connectivity index (χ1v) is 12.0. The van der Waals surface area contributed by atoms with Crippen LogP contribution in [-0.2, 0) is 6.42 Å². The Bertz CT molecular complexity index is 1610. The Kier molecular flexibility index (Phi) is 4.82. The predicted octanol–water partition coefficient (Wildman–Crippen LogP) is 4.68. The van der Waals surface area contributed by atoms with Crippen molar-refractivity contribution in [2.75, 3.05) is 0 Å². The van der Waals surface area contributed by atoms with Crippen molar-refractivity contribution in [3.63, 3.8) is 0 Å². The molecule has 4 nitrogen and oxygen atoms in total. The molecule has 0 saturated carbocycles. The number of benzene rings is 3.